The van der Waals surface area contributed by atoms with Gasteiger partial charge < -0.3 is 15.2 Å². The summed E-state index contributed by atoms with van der Waals surface area (Å²) in [6.45, 7) is 2.35. The van der Waals surface area contributed by atoms with Crippen molar-refractivity contribution in [3.8, 4) is 5.75 Å². The van der Waals surface area contributed by atoms with E-state index in [0.717, 1.165) is 5.69 Å². The second-order valence-corrected chi connectivity index (χ2v) is 3.29. The predicted octanol–water partition coefficient (Wildman–Crippen LogP) is 2.02. The number of anilines is 1. The number of benzene rings is 1. The number of nitrogens with one attached hydrogen (secondary N) is 1. The predicted molar refractivity (Wildman–Crippen MR) is 57.7 cm³/mol. The zero-order chi connectivity index (χ0) is 11.3. The summed E-state index contributed by atoms with van der Waals surface area (Å²) in [5.74, 6) is -0.190. The summed E-state index contributed by atoms with van der Waals surface area (Å²) in [5.41, 5.74) is 0.737. The first kappa shape index (κ1) is 11.8. The Kier molecular flexibility index (Phi) is 4.37. The van der Waals surface area contributed by atoms with Crippen LogP contribution in [0.5, 0.6) is 5.75 Å². The molecule has 0 amide bonds. The Morgan fingerprint density at radius 1 is 1.53 bits per heavy atom. The average molecular weight is 213 g/mol. The number of ether oxygens (including phenoxy) is 1. The van der Waals surface area contributed by atoms with Crippen LogP contribution in [-0.2, 0) is 0 Å². The van der Waals surface area contributed by atoms with Crippen LogP contribution in [0.25, 0.3) is 0 Å². The molecule has 1 aromatic carbocycles. The Balaban J connectivity index is 2.62. The highest BCUT2D eigenvalue weighted by molar-refractivity contribution is 5.48. The van der Waals surface area contributed by atoms with Crippen LogP contribution < -0.4 is 10.1 Å². The second kappa shape index (κ2) is 5.56. The van der Waals surface area contributed by atoms with E-state index in [1.165, 1.54) is 13.2 Å². The molecule has 0 aromatic heterocycles. The standard InChI is InChI=1S/C11H16FNO2/c1-3-9(14)7-13-8-4-5-10(12)11(6-8)15-2/h4-6,9,13-14H,3,7H2,1-2H3. The van der Waals surface area contributed by atoms with Crippen molar-refractivity contribution in [2.75, 3.05) is 19.0 Å². The molecule has 2 N–H and O–H groups in total. The molecule has 4 heteroatoms. The topological polar surface area (TPSA) is 41.5 Å². The zero-order valence-electron chi connectivity index (χ0n) is 8.96. The Labute approximate surface area is 88.9 Å². The summed E-state index contributed by atoms with van der Waals surface area (Å²) in [4.78, 5) is 0. The van der Waals surface area contributed by atoms with Crippen LogP contribution >= 0.6 is 0 Å². The molecule has 0 saturated carbocycles. The highest BCUT2D eigenvalue weighted by atomic mass is 19.1. The highest BCUT2D eigenvalue weighted by Gasteiger charge is 2.04. The summed E-state index contributed by atoms with van der Waals surface area (Å²) in [6.07, 6.45) is 0.298. The number of hydrogen-bond donors (Lipinski definition) is 2. The first-order valence-corrected chi connectivity index (χ1v) is 4.92. The van der Waals surface area contributed by atoms with Gasteiger partial charge in [-0.15, -0.1) is 0 Å². The SMILES string of the molecule is CCC(O)CNc1ccc(F)c(OC)c1. The third-order valence-electron chi connectivity index (χ3n) is 2.16. The molecule has 0 radical (unpaired) electrons. The molecular weight excluding hydrogens is 197 g/mol. The maximum Gasteiger partial charge on any atom is 0.165 e. The smallest absolute Gasteiger partial charge is 0.165 e. The molecular formula is C11H16FNO2. The van der Waals surface area contributed by atoms with Crippen LogP contribution in [0.1, 0.15) is 13.3 Å². The Morgan fingerprint density at radius 3 is 2.87 bits per heavy atom. The first-order chi connectivity index (χ1) is 7.17. The number of hydrogen-bond acceptors (Lipinski definition) is 3. The van der Waals surface area contributed by atoms with E-state index in [4.69, 9.17) is 4.74 Å². The monoisotopic (exact) mass is 213 g/mol. The minimum absolute atomic E-state index is 0.200. The minimum atomic E-state index is -0.390. The highest BCUT2D eigenvalue weighted by Crippen LogP contribution is 2.21. The number of halogens is 1. The number of methoxy groups -OCH3 is 1. The summed E-state index contributed by atoms with van der Waals surface area (Å²) < 4.78 is 17.9. The summed E-state index contributed by atoms with van der Waals surface area (Å²) in [6, 6.07) is 4.51. The Bertz CT molecular complexity index is 317. The van der Waals surface area contributed by atoms with Crippen molar-refractivity contribution in [2.24, 2.45) is 0 Å². The van der Waals surface area contributed by atoms with Gasteiger partial charge in [0.25, 0.3) is 0 Å². The molecule has 0 bridgehead atoms. The van der Waals surface area contributed by atoms with Crippen molar-refractivity contribution in [3.63, 3.8) is 0 Å². The molecule has 1 rings (SSSR count). The fourth-order valence-electron chi connectivity index (χ4n) is 1.15. The lowest BCUT2D eigenvalue weighted by molar-refractivity contribution is 0.183. The maximum absolute atomic E-state index is 13.0. The fraction of sp³-hybridized carbons (Fsp3) is 0.455. The van der Waals surface area contributed by atoms with Gasteiger partial charge in [-0.25, -0.2) is 4.39 Å². The molecule has 15 heavy (non-hydrogen) atoms. The largest absolute Gasteiger partial charge is 0.494 e. The fourth-order valence-corrected chi connectivity index (χ4v) is 1.15. The minimum Gasteiger partial charge on any atom is -0.494 e. The number of aliphatic hydroxyl groups is 1. The second-order valence-electron chi connectivity index (χ2n) is 3.29. The van der Waals surface area contributed by atoms with E-state index in [2.05, 4.69) is 5.32 Å². The van der Waals surface area contributed by atoms with E-state index in [9.17, 15) is 9.50 Å². The van der Waals surface area contributed by atoms with Crippen LogP contribution in [0.3, 0.4) is 0 Å². The first-order valence-electron chi connectivity index (χ1n) is 4.92. The third kappa shape index (κ3) is 3.40. The van der Waals surface area contributed by atoms with Crippen LogP contribution in [0.4, 0.5) is 10.1 Å². The molecule has 0 spiro atoms. The lowest BCUT2D eigenvalue weighted by Crippen LogP contribution is -2.18. The average Bonchev–Trinajstić information content (AvgIpc) is 2.27. The van der Waals surface area contributed by atoms with E-state index in [1.54, 1.807) is 12.1 Å². The normalized spacial score (nSPS) is 12.3. The molecule has 1 atom stereocenters. The van der Waals surface area contributed by atoms with Crippen LogP contribution in [-0.4, -0.2) is 24.9 Å². The van der Waals surface area contributed by atoms with Gasteiger partial charge in [-0.2, -0.15) is 0 Å². The van der Waals surface area contributed by atoms with E-state index in [-0.39, 0.29) is 17.7 Å². The lowest BCUT2D eigenvalue weighted by atomic mass is 10.2. The van der Waals surface area contributed by atoms with E-state index >= 15 is 0 Å². The lowest BCUT2D eigenvalue weighted by Gasteiger charge is -2.11. The Hall–Kier alpha value is -1.29. The van der Waals surface area contributed by atoms with Crippen LogP contribution in [0.2, 0.25) is 0 Å². The van der Waals surface area contributed by atoms with Crippen LogP contribution in [0, 0.1) is 5.82 Å². The van der Waals surface area contributed by atoms with Crippen molar-refractivity contribution >= 4 is 5.69 Å². The molecule has 0 heterocycles. The van der Waals surface area contributed by atoms with E-state index in [1.807, 2.05) is 6.92 Å². The quantitative estimate of drug-likeness (QED) is 0.786. The molecule has 0 aliphatic heterocycles. The van der Waals surface area contributed by atoms with Crippen molar-refractivity contribution in [3.05, 3.63) is 24.0 Å². The molecule has 0 saturated heterocycles. The molecule has 0 aliphatic carbocycles. The number of rotatable bonds is 5. The molecule has 1 unspecified atom stereocenters. The summed E-state index contributed by atoms with van der Waals surface area (Å²) in [5, 5.41) is 12.3. The summed E-state index contributed by atoms with van der Waals surface area (Å²) >= 11 is 0. The Morgan fingerprint density at radius 2 is 2.27 bits per heavy atom. The molecule has 3 nitrogen and oxygen atoms in total. The van der Waals surface area contributed by atoms with Crippen molar-refractivity contribution in [2.45, 2.75) is 19.4 Å². The van der Waals surface area contributed by atoms with E-state index < -0.39 is 0 Å². The van der Waals surface area contributed by atoms with Crippen LogP contribution in [0.15, 0.2) is 18.2 Å². The number of aliphatic hydroxyl groups excluding tert-OH is 1. The van der Waals surface area contributed by atoms with Gasteiger partial charge >= 0.3 is 0 Å². The van der Waals surface area contributed by atoms with Gasteiger partial charge in [0, 0.05) is 18.3 Å². The maximum atomic E-state index is 13.0. The van der Waals surface area contributed by atoms with Crippen molar-refractivity contribution < 1.29 is 14.2 Å². The third-order valence-corrected chi connectivity index (χ3v) is 2.16. The molecule has 0 aliphatic rings. The molecule has 0 fully saturated rings. The summed E-state index contributed by atoms with van der Waals surface area (Å²) in [7, 11) is 1.42. The van der Waals surface area contributed by atoms with Gasteiger partial charge in [-0.3, -0.25) is 0 Å². The zero-order valence-corrected chi connectivity index (χ0v) is 8.96. The van der Waals surface area contributed by atoms with Gasteiger partial charge in [-0.1, -0.05) is 6.92 Å². The van der Waals surface area contributed by atoms with Gasteiger partial charge in [0.15, 0.2) is 11.6 Å². The molecule has 84 valence electrons. The van der Waals surface area contributed by atoms with Crippen molar-refractivity contribution in [1.82, 2.24) is 0 Å². The van der Waals surface area contributed by atoms with Gasteiger partial charge in [-0.05, 0) is 18.6 Å². The van der Waals surface area contributed by atoms with Crippen molar-refractivity contribution in [1.29, 1.82) is 0 Å². The van der Waals surface area contributed by atoms with E-state index in [0.29, 0.717) is 13.0 Å². The van der Waals surface area contributed by atoms with Gasteiger partial charge in [0.1, 0.15) is 0 Å². The van der Waals surface area contributed by atoms with Gasteiger partial charge in [0.2, 0.25) is 0 Å². The molecule has 1 aromatic rings. The van der Waals surface area contributed by atoms with Gasteiger partial charge in [0.05, 0.1) is 13.2 Å².